The summed E-state index contributed by atoms with van der Waals surface area (Å²) >= 11 is 0. The Hall–Kier alpha value is -2.30. The van der Waals surface area contributed by atoms with Gasteiger partial charge in [-0.1, -0.05) is 6.92 Å². The van der Waals surface area contributed by atoms with E-state index in [2.05, 4.69) is 4.98 Å². The number of aromatic nitrogens is 1. The third-order valence-electron chi connectivity index (χ3n) is 3.02. The van der Waals surface area contributed by atoms with Crippen molar-refractivity contribution < 1.29 is 18.3 Å². The van der Waals surface area contributed by atoms with Crippen molar-refractivity contribution in [3.8, 4) is 11.3 Å². The van der Waals surface area contributed by atoms with Gasteiger partial charge in [0.15, 0.2) is 11.6 Å². The molecule has 1 heterocycles. The van der Waals surface area contributed by atoms with E-state index in [1.54, 1.807) is 19.1 Å². The van der Waals surface area contributed by atoms with Gasteiger partial charge in [0.25, 0.3) is 0 Å². The van der Waals surface area contributed by atoms with Crippen molar-refractivity contribution >= 4 is 5.97 Å². The molecule has 0 unspecified atom stereocenters. The van der Waals surface area contributed by atoms with Gasteiger partial charge < -0.3 is 4.74 Å². The van der Waals surface area contributed by atoms with Gasteiger partial charge in [-0.15, -0.1) is 0 Å². The number of pyridine rings is 1. The number of rotatable bonds is 4. The first-order chi connectivity index (χ1) is 10.1. The number of benzene rings is 1. The predicted molar refractivity (Wildman–Crippen MR) is 74.9 cm³/mol. The number of carbonyl (C=O) groups is 1. The standard InChI is InChI=1S/C16H15F2NO2/c1-3-14-11(16(20)21-4-2)6-8-15(19-14)10-5-7-12(17)13(18)9-10/h5-9H,3-4H2,1-2H3. The Kier molecular flexibility index (Phi) is 4.62. The van der Waals surface area contributed by atoms with E-state index in [1.807, 2.05) is 6.92 Å². The summed E-state index contributed by atoms with van der Waals surface area (Å²) in [6.45, 7) is 3.87. The highest BCUT2D eigenvalue weighted by Gasteiger charge is 2.14. The normalized spacial score (nSPS) is 10.5. The van der Waals surface area contributed by atoms with Gasteiger partial charge in [0.05, 0.1) is 23.6 Å². The highest BCUT2D eigenvalue weighted by molar-refractivity contribution is 5.91. The number of hydrogen-bond acceptors (Lipinski definition) is 3. The Morgan fingerprint density at radius 1 is 1.14 bits per heavy atom. The van der Waals surface area contributed by atoms with Crippen LogP contribution in [0.1, 0.15) is 29.9 Å². The van der Waals surface area contributed by atoms with Crippen LogP contribution in [0.3, 0.4) is 0 Å². The molecule has 0 aliphatic carbocycles. The minimum Gasteiger partial charge on any atom is -0.462 e. The van der Waals surface area contributed by atoms with Crippen LogP contribution in [0.2, 0.25) is 0 Å². The lowest BCUT2D eigenvalue weighted by Gasteiger charge is -2.09. The molecular weight excluding hydrogens is 276 g/mol. The number of hydrogen-bond donors (Lipinski definition) is 0. The minimum absolute atomic E-state index is 0.285. The predicted octanol–water partition coefficient (Wildman–Crippen LogP) is 3.77. The van der Waals surface area contributed by atoms with Gasteiger partial charge in [-0.2, -0.15) is 0 Å². The summed E-state index contributed by atoms with van der Waals surface area (Å²) in [7, 11) is 0. The Morgan fingerprint density at radius 2 is 1.90 bits per heavy atom. The van der Waals surface area contributed by atoms with Gasteiger partial charge in [0.2, 0.25) is 0 Å². The molecule has 0 bridgehead atoms. The number of halogens is 2. The lowest BCUT2D eigenvalue weighted by atomic mass is 10.1. The summed E-state index contributed by atoms with van der Waals surface area (Å²) in [5.41, 5.74) is 1.90. The Balaban J connectivity index is 2.42. The van der Waals surface area contributed by atoms with E-state index >= 15 is 0 Å². The highest BCUT2D eigenvalue weighted by Crippen LogP contribution is 2.22. The van der Waals surface area contributed by atoms with Crippen LogP contribution in [0, 0.1) is 11.6 Å². The quantitative estimate of drug-likeness (QED) is 0.805. The maximum Gasteiger partial charge on any atom is 0.339 e. The van der Waals surface area contributed by atoms with E-state index in [0.717, 1.165) is 12.1 Å². The Bertz CT molecular complexity index is 671. The van der Waals surface area contributed by atoms with Gasteiger partial charge in [-0.05, 0) is 43.7 Å². The molecule has 0 fully saturated rings. The first-order valence-corrected chi connectivity index (χ1v) is 6.69. The molecule has 21 heavy (non-hydrogen) atoms. The molecule has 2 aromatic rings. The molecule has 1 aromatic heterocycles. The zero-order chi connectivity index (χ0) is 15.4. The smallest absolute Gasteiger partial charge is 0.339 e. The molecule has 0 N–H and O–H groups in total. The van der Waals surface area contributed by atoms with Crippen LogP contribution < -0.4 is 0 Å². The number of ether oxygens (including phenoxy) is 1. The van der Waals surface area contributed by atoms with Gasteiger partial charge >= 0.3 is 5.97 Å². The summed E-state index contributed by atoms with van der Waals surface area (Å²) in [6, 6.07) is 6.78. The second-order valence-electron chi connectivity index (χ2n) is 4.39. The van der Waals surface area contributed by atoms with E-state index < -0.39 is 17.6 Å². The molecule has 0 spiro atoms. The summed E-state index contributed by atoms with van der Waals surface area (Å²) in [4.78, 5) is 16.1. The molecule has 0 atom stereocenters. The fraction of sp³-hybridized carbons (Fsp3) is 0.250. The van der Waals surface area contributed by atoms with Crippen molar-refractivity contribution in [2.75, 3.05) is 6.61 Å². The highest BCUT2D eigenvalue weighted by atomic mass is 19.2. The molecular formula is C16H15F2NO2. The fourth-order valence-corrected chi connectivity index (χ4v) is 1.98. The average Bonchev–Trinajstić information content (AvgIpc) is 2.49. The molecule has 2 rings (SSSR count). The van der Waals surface area contributed by atoms with Crippen molar-refractivity contribution in [1.29, 1.82) is 0 Å². The molecule has 110 valence electrons. The second kappa shape index (κ2) is 6.43. The maximum absolute atomic E-state index is 13.3. The number of nitrogens with zero attached hydrogens (tertiary/aromatic N) is 1. The van der Waals surface area contributed by atoms with E-state index in [1.165, 1.54) is 6.07 Å². The van der Waals surface area contributed by atoms with Gasteiger partial charge in [0.1, 0.15) is 0 Å². The topological polar surface area (TPSA) is 39.2 Å². The first kappa shape index (κ1) is 15.1. The number of aryl methyl sites for hydroxylation is 1. The number of esters is 1. The monoisotopic (exact) mass is 291 g/mol. The molecule has 0 radical (unpaired) electrons. The molecule has 5 heteroatoms. The lowest BCUT2D eigenvalue weighted by molar-refractivity contribution is 0.0524. The summed E-state index contributed by atoms with van der Waals surface area (Å²) in [5.74, 6) is -2.27. The Labute approximate surface area is 121 Å². The molecule has 0 saturated carbocycles. The van der Waals surface area contributed by atoms with Crippen molar-refractivity contribution in [2.24, 2.45) is 0 Å². The third kappa shape index (κ3) is 3.24. The van der Waals surface area contributed by atoms with E-state index in [9.17, 15) is 13.6 Å². The van der Waals surface area contributed by atoms with Crippen LogP contribution in [0.4, 0.5) is 8.78 Å². The van der Waals surface area contributed by atoms with Crippen LogP contribution in [-0.4, -0.2) is 17.6 Å². The zero-order valence-electron chi connectivity index (χ0n) is 11.8. The maximum atomic E-state index is 13.3. The van der Waals surface area contributed by atoms with Gasteiger partial charge in [-0.3, -0.25) is 4.98 Å². The van der Waals surface area contributed by atoms with Crippen molar-refractivity contribution in [3.05, 3.63) is 53.2 Å². The largest absolute Gasteiger partial charge is 0.462 e. The minimum atomic E-state index is -0.929. The number of carbonyl (C=O) groups excluding carboxylic acids is 1. The van der Waals surface area contributed by atoms with Crippen LogP contribution >= 0.6 is 0 Å². The molecule has 3 nitrogen and oxygen atoms in total. The summed E-state index contributed by atoms with van der Waals surface area (Å²) in [6.07, 6.45) is 0.533. The molecule has 0 amide bonds. The van der Waals surface area contributed by atoms with Crippen molar-refractivity contribution in [1.82, 2.24) is 4.98 Å². The zero-order valence-corrected chi connectivity index (χ0v) is 11.8. The van der Waals surface area contributed by atoms with E-state index in [0.29, 0.717) is 28.9 Å². The van der Waals surface area contributed by atoms with Crippen LogP contribution in [0.15, 0.2) is 30.3 Å². The molecule has 0 saturated heterocycles. The SMILES string of the molecule is CCOC(=O)c1ccc(-c2ccc(F)c(F)c2)nc1CC. The third-order valence-corrected chi connectivity index (χ3v) is 3.02. The Morgan fingerprint density at radius 3 is 2.52 bits per heavy atom. The van der Waals surface area contributed by atoms with Crippen molar-refractivity contribution in [3.63, 3.8) is 0 Å². The fourth-order valence-electron chi connectivity index (χ4n) is 1.98. The molecule has 0 aliphatic heterocycles. The van der Waals surface area contributed by atoms with Crippen LogP contribution in [0.25, 0.3) is 11.3 Å². The van der Waals surface area contributed by atoms with Crippen LogP contribution in [-0.2, 0) is 11.2 Å². The summed E-state index contributed by atoms with van der Waals surface area (Å²) < 4.78 is 31.2. The van der Waals surface area contributed by atoms with E-state index in [4.69, 9.17) is 4.74 Å². The second-order valence-corrected chi connectivity index (χ2v) is 4.39. The molecule has 1 aromatic carbocycles. The van der Waals surface area contributed by atoms with Gasteiger partial charge in [-0.25, -0.2) is 13.6 Å². The molecule has 0 aliphatic rings. The van der Waals surface area contributed by atoms with Crippen molar-refractivity contribution in [2.45, 2.75) is 20.3 Å². The average molecular weight is 291 g/mol. The first-order valence-electron chi connectivity index (χ1n) is 6.69. The van der Waals surface area contributed by atoms with Crippen LogP contribution in [0.5, 0.6) is 0 Å². The summed E-state index contributed by atoms with van der Waals surface area (Å²) in [5, 5.41) is 0. The van der Waals surface area contributed by atoms with Gasteiger partial charge in [0, 0.05) is 5.56 Å². The van der Waals surface area contributed by atoms with E-state index in [-0.39, 0.29) is 6.61 Å². The lowest BCUT2D eigenvalue weighted by Crippen LogP contribution is -2.09.